The molecule has 2 radical (unpaired) electrons. The second-order valence-electron chi connectivity index (χ2n) is 5.67. The molecule has 2 aliphatic heterocycles. The van der Waals surface area contributed by atoms with Gasteiger partial charge in [-0.25, -0.2) is 0 Å². The Morgan fingerprint density at radius 1 is 1.50 bits per heavy atom. The van der Waals surface area contributed by atoms with Crippen molar-refractivity contribution in [3.63, 3.8) is 0 Å². The fourth-order valence-corrected chi connectivity index (χ4v) is 3.15. The van der Waals surface area contributed by atoms with Crippen LogP contribution in [0.25, 0.3) is 0 Å². The van der Waals surface area contributed by atoms with E-state index in [4.69, 9.17) is 17.3 Å². The second-order valence-corrected chi connectivity index (χ2v) is 5.67. The lowest BCUT2D eigenvalue weighted by molar-refractivity contribution is -0.153. The van der Waals surface area contributed by atoms with Crippen molar-refractivity contribution in [1.29, 1.82) is 0 Å². The molecule has 20 heavy (non-hydrogen) atoms. The molecule has 1 aromatic carbocycles. The van der Waals surface area contributed by atoms with E-state index in [2.05, 4.69) is 12.2 Å². The van der Waals surface area contributed by atoms with Crippen LogP contribution in [0.1, 0.15) is 18.9 Å². The van der Waals surface area contributed by atoms with Gasteiger partial charge < -0.3 is 14.8 Å². The molecule has 0 aliphatic carbocycles. The molecule has 4 nitrogen and oxygen atoms in total. The van der Waals surface area contributed by atoms with Gasteiger partial charge in [-0.05, 0) is 5.56 Å². The predicted octanol–water partition coefficient (Wildman–Crippen LogP) is 0.991. The molecule has 2 heterocycles. The van der Waals surface area contributed by atoms with Crippen LogP contribution in [0.5, 0.6) is 0 Å². The summed E-state index contributed by atoms with van der Waals surface area (Å²) < 4.78 is 11.1. The van der Waals surface area contributed by atoms with Crippen LogP contribution < -0.4 is 5.32 Å². The number of esters is 1. The summed E-state index contributed by atoms with van der Waals surface area (Å²) in [6, 6.07) is 9.46. The van der Waals surface area contributed by atoms with E-state index in [0.717, 1.165) is 5.56 Å². The average molecular weight is 271 g/mol. The smallest absolute Gasteiger partial charge is 0.309 e. The Balaban J connectivity index is 1.57. The molecule has 3 rings (SSSR count). The normalized spacial score (nSPS) is 35.1. The van der Waals surface area contributed by atoms with Crippen molar-refractivity contribution in [3.05, 3.63) is 35.9 Å². The molecule has 1 unspecified atom stereocenters. The van der Waals surface area contributed by atoms with Gasteiger partial charge in [0.25, 0.3) is 0 Å². The molecule has 1 N–H and O–H groups in total. The maximum atomic E-state index is 12.0. The van der Waals surface area contributed by atoms with Gasteiger partial charge in [0.2, 0.25) is 0 Å². The van der Waals surface area contributed by atoms with E-state index >= 15 is 0 Å². The number of rotatable bonds is 4. The fraction of sp³-hybridized carbons (Fsp3) is 0.533. The van der Waals surface area contributed by atoms with Gasteiger partial charge in [0.1, 0.15) is 14.5 Å². The number of ether oxygens (including phenoxy) is 2. The number of carbonyl (C=O) groups is 1. The first-order valence-electron chi connectivity index (χ1n) is 6.97. The van der Waals surface area contributed by atoms with Crippen LogP contribution >= 0.6 is 0 Å². The molecular formula is C15H18BNO3. The number of fused-ring (bicyclic) bond motifs is 2. The minimum Gasteiger partial charge on any atom is -0.461 e. The van der Waals surface area contributed by atoms with Gasteiger partial charge in [0.15, 0.2) is 0 Å². The molecule has 0 amide bonds. The predicted molar refractivity (Wildman–Crippen MR) is 75.2 cm³/mol. The third-order valence-corrected chi connectivity index (χ3v) is 4.42. The zero-order chi connectivity index (χ0) is 14.2. The van der Waals surface area contributed by atoms with Gasteiger partial charge >= 0.3 is 5.97 Å². The lowest BCUT2D eigenvalue weighted by atomic mass is 9.84. The summed E-state index contributed by atoms with van der Waals surface area (Å²) in [7, 11) is 5.90. The van der Waals surface area contributed by atoms with Crippen molar-refractivity contribution < 1.29 is 14.3 Å². The molecule has 2 fully saturated rings. The minimum absolute atomic E-state index is 0.136. The molecule has 4 atom stereocenters. The van der Waals surface area contributed by atoms with Crippen molar-refractivity contribution in [2.45, 2.75) is 37.6 Å². The monoisotopic (exact) mass is 271 g/mol. The van der Waals surface area contributed by atoms with Crippen molar-refractivity contribution in [1.82, 2.24) is 5.32 Å². The Bertz CT molecular complexity index is 495. The largest absolute Gasteiger partial charge is 0.461 e. The third-order valence-electron chi connectivity index (χ3n) is 4.42. The lowest BCUT2D eigenvalue weighted by Crippen LogP contribution is -2.46. The highest BCUT2D eigenvalue weighted by Crippen LogP contribution is 2.42. The lowest BCUT2D eigenvalue weighted by Gasteiger charge is -2.30. The Morgan fingerprint density at radius 3 is 2.85 bits per heavy atom. The number of hydrogen-bond donors (Lipinski definition) is 1. The molecule has 1 aromatic rings. The van der Waals surface area contributed by atoms with Crippen LogP contribution in [0, 0.1) is 5.92 Å². The molecule has 2 aliphatic rings. The van der Waals surface area contributed by atoms with Crippen LogP contribution in [-0.2, 0) is 20.9 Å². The molecule has 2 saturated heterocycles. The Labute approximate surface area is 120 Å². The van der Waals surface area contributed by atoms with E-state index in [-0.39, 0.29) is 30.4 Å². The average Bonchev–Trinajstić information content (AvgIpc) is 2.86. The van der Waals surface area contributed by atoms with Gasteiger partial charge in [-0.15, -0.1) is 0 Å². The van der Waals surface area contributed by atoms with E-state index in [1.807, 2.05) is 30.3 Å². The number of nitrogens with one attached hydrogen (secondary N) is 1. The molecule has 0 aromatic heterocycles. The summed E-state index contributed by atoms with van der Waals surface area (Å²) in [5.74, 6) is -0.0148. The fourth-order valence-electron chi connectivity index (χ4n) is 3.15. The highest BCUT2D eigenvalue weighted by molar-refractivity contribution is 6.12. The van der Waals surface area contributed by atoms with E-state index < -0.39 is 5.60 Å². The first-order valence-corrected chi connectivity index (χ1v) is 6.97. The summed E-state index contributed by atoms with van der Waals surface area (Å²) in [6.45, 7) is 3.03. The summed E-state index contributed by atoms with van der Waals surface area (Å²) in [4.78, 5) is 12.0. The summed E-state index contributed by atoms with van der Waals surface area (Å²) in [5.41, 5.74) is 0.482. The Hall–Kier alpha value is -1.33. The number of benzene rings is 1. The summed E-state index contributed by atoms with van der Waals surface area (Å²) in [6.07, 6.45) is 0.248. The molecule has 5 heteroatoms. The van der Waals surface area contributed by atoms with Crippen LogP contribution in [0.2, 0.25) is 0 Å². The topological polar surface area (TPSA) is 47.6 Å². The highest BCUT2D eigenvalue weighted by Gasteiger charge is 2.56. The first-order chi connectivity index (χ1) is 9.61. The number of hydrogen-bond acceptors (Lipinski definition) is 4. The summed E-state index contributed by atoms with van der Waals surface area (Å²) >= 11 is 0. The maximum Gasteiger partial charge on any atom is 0.309 e. The zero-order valence-electron chi connectivity index (χ0n) is 11.5. The highest BCUT2D eigenvalue weighted by atomic mass is 16.5. The van der Waals surface area contributed by atoms with Gasteiger partial charge in [-0.2, -0.15) is 0 Å². The van der Waals surface area contributed by atoms with E-state index in [0.29, 0.717) is 13.2 Å². The van der Waals surface area contributed by atoms with Crippen molar-refractivity contribution in [3.8, 4) is 0 Å². The SMILES string of the molecule is [B][C@@H]1O[C@@]2(CC(=O)OCc3ccccc3)CN[C@H]1C2C. The standard InChI is InChI=1S/C15H18BNO3/c1-10-13-14(16)20-15(10,9-17-13)7-12(18)19-8-11-5-3-2-4-6-11/h2-6,10,13-14,17H,7-9H2,1H3/t10?,13-,14+,15-/m0/s1. The van der Waals surface area contributed by atoms with E-state index in [1.54, 1.807) is 0 Å². The first kappa shape index (κ1) is 13.6. The zero-order valence-corrected chi connectivity index (χ0v) is 11.5. The van der Waals surface area contributed by atoms with Crippen molar-refractivity contribution in [2.75, 3.05) is 6.54 Å². The molecule has 104 valence electrons. The van der Waals surface area contributed by atoms with E-state index in [9.17, 15) is 4.79 Å². The van der Waals surface area contributed by atoms with Gasteiger partial charge in [-0.3, -0.25) is 4.79 Å². The van der Waals surface area contributed by atoms with Crippen LogP contribution in [0.15, 0.2) is 30.3 Å². The Morgan fingerprint density at radius 2 is 2.25 bits per heavy atom. The molecular weight excluding hydrogens is 253 g/mol. The van der Waals surface area contributed by atoms with Crippen LogP contribution in [0.4, 0.5) is 0 Å². The van der Waals surface area contributed by atoms with Crippen LogP contribution in [0.3, 0.4) is 0 Å². The number of carbonyl (C=O) groups excluding carboxylic acids is 1. The van der Waals surface area contributed by atoms with Gasteiger partial charge in [0.05, 0.1) is 12.0 Å². The second kappa shape index (κ2) is 5.22. The minimum atomic E-state index is -0.502. The van der Waals surface area contributed by atoms with Gasteiger partial charge in [-0.1, -0.05) is 37.3 Å². The summed E-state index contributed by atoms with van der Waals surface area (Å²) in [5, 5.41) is 3.32. The Kier molecular flexibility index (Phi) is 3.56. The van der Waals surface area contributed by atoms with E-state index in [1.165, 1.54) is 0 Å². The van der Waals surface area contributed by atoms with Crippen LogP contribution in [-0.4, -0.2) is 38.0 Å². The molecule has 0 saturated carbocycles. The molecule has 2 bridgehead atoms. The number of morpholine rings is 1. The quantitative estimate of drug-likeness (QED) is 0.655. The van der Waals surface area contributed by atoms with Crippen molar-refractivity contribution >= 4 is 13.8 Å². The molecule has 0 spiro atoms. The maximum absolute atomic E-state index is 12.0. The van der Waals surface area contributed by atoms with Crippen molar-refractivity contribution in [2.24, 2.45) is 5.92 Å². The van der Waals surface area contributed by atoms with Gasteiger partial charge in [0, 0.05) is 24.5 Å². The third kappa shape index (κ3) is 2.36.